The summed E-state index contributed by atoms with van der Waals surface area (Å²) in [4.78, 5) is 2.40. The molecule has 2 rings (SSSR count). The van der Waals surface area contributed by atoms with E-state index in [1.807, 2.05) is 6.92 Å². The Morgan fingerprint density at radius 1 is 1.29 bits per heavy atom. The molecule has 0 radical (unpaired) electrons. The Hall–Kier alpha value is -0.330. The average Bonchev–Trinajstić information content (AvgIpc) is 2.92. The molecule has 1 saturated heterocycles. The van der Waals surface area contributed by atoms with Gasteiger partial charge in [-0.05, 0) is 44.0 Å². The third-order valence-corrected chi connectivity index (χ3v) is 5.99. The van der Waals surface area contributed by atoms with E-state index in [1.54, 1.807) is 12.1 Å². The first-order valence-corrected chi connectivity index (χ1v) is 9.30. The van der Waals surface area contributed by atoms with Crippen LogP contribution in [0.3, 0.4) is 0 Å². The van der Waals surface area contributed by atoms with Gasteiger partial charge in [0.25, 0.3) is 0 Å². The normalized spacial score (nSPS) is 18.0. The minimum absolute atomic E-state index is 0.0324. The first-order chi connectivity index (χ1) is 9.90. The smallest absolute Gasteiger partial charge is 0.242 e. The summed E-state index contributed by atoms with van der Waals surface area (Å²) in [6, 6.07) is 4.61. The molecular formula is C14H20Cl2N2O2S. The van der Waals surface area contributed by atoms with Crippen LogP contribution in [0.4, 0.5) is 0 Å². The second-order valence-electron chi connectivity index (χ2n) is 5.52. The van der Waals surface area contributed by atoms with Crippen LogP contribution in [-0.4, -0.2) is 39.5 Å². The molecule has 1 N–H and O–H groups in total. The molecule has 0 aliphatic carbocycles. The maximum Gasteiger partial charge on any atom is 0.242 e. The van der Waals surface area contributed by atoms with Gasteiger partial charge >= 0.3 is 0 Å². The van der Waals surface area contributed by atoms with Crippen molar-refractivity contribution in [1.82, 2.24) is 9.62 Å². The Balaban J connectivity index is 1.96. The van der Waals surface area contributed by atoms with Gasteiger partial charge in [0.05, 0.1) is 10.0 Å². The van der Waals surface area contributed by atoms with Crippen LogP contribution in [0.25, 0.3) is 0 Å². The standard InChI is InChI=1S/C14H20Cl2N2O2S/c1-11(10-18-7-2-3-8-18)9-17-21(19,20)13-6-4-5-12(15)14(13)16/h4-6,11,17H,2-3,7-10H2,1H3/t11-/m0/s1. The zero-order chi connectivity index (χ0) is 15.5. The van der Waals surface area contributed by atoms with E-state index >= 15 is 0 Å². The van der Waals surface area contributed by atoms with E-state index in [0.29, 0.717) is 6.54 Å². The predicted octanol–water partition coefficient (Wildman–Crippen LogP) is 3.00. The summed E-state index contributed by atoms with van der Waals surface area (Å²) in [5.74, 6) is 0.246. The molecule has 0 aromatic heterocycles. The van der Waals surface area contributed by atoms with E-state index in [9.17, 15) is 8.42 Å². The fraction of sp³-hybridized carbons (Fsp3) is 0.571. The molecule has 4 nitrogen and oxygen atoms in total. The van der Waals surface area contributed by atoms with Gasteiger partial charge in [-0.25, -0.2) is 13.1 Å². The van der Waals surface area contributed by atoms with Crippen LogP contribution in [0.15, 0.2) is 23.1 Å². The molecule has 1 aromatic rings. The topological polar surface area (TPSA) is 49.4 Å². The third-order valence-electron chi connectivity index (χ3n) is 3.60. The number of benzene rings is 1. The van der Waals surface area contributed by atoms with Gasteiger partial charge < -0.3 is 4.90 Å². The largest absolute Gasteiger partial charge is 0.303 e. The van der Waals surface area contributed by atoms with E-state index in [4.69, 9.17) is 23.2 Å². The van der Waals surface area contributed by atoms with Gasteiger partial charge in [-0.2, -0.15) is 0 Å². The zero-order valence-electron chi connectivity index (χ0n) is 12.0. The Labute approximate surface area is 136 Å². The van der Waals surface area contributed by atoms with Gasteiger partial charge in [0, 0.05) is 13.1 Å². The van der Waals surface area contributed by atoms with Crippen molar-refractivity contribution in [2.45, 2.75) is 24.7 Å². The number of hydrogen-bond acceptors (Lipinski definition) is 3. The summed E-state index contributed by atoms with van der Waals surface area (Å²) in [5, 5.41) is 0.309. The highest BCUT2D eigenvalue weighted by Gasteiger charge is 2.21. The third kappa shape index (κ3) is 4.57. The molecule has 7 heteroatoms. The van der Waals surface area contributed by atoms with Crippen LogP contribution in [0.2, 0.25) is 10.0 Å². The first kappa shape index (κ1) is 17.0. The highest BCUT2D eigenvalue weighted by molar-refractivity contribution is 7.89. The van der Waals surface area contributed by atoms with Crippen molar-refractivity contribution in [3.05, 3.63) is 28.2 Å². The van der Waals surface area contributed by atoms with Crippen molar-refractivity contribution in [3.63, 3.8) is 0 Å². The van der Waals surface area contributed by atoms with E-state index in [2.05, 4.69) is 9.62 Å². The van der Waals surface area contributed by atoms with E-state index < -0.39 is 10.0 Å². The van der Waals surface area contributed by atoms with Crippen LogP contribution in [-0.2, 0) is 10.0 Å². The summed E-state index contributed by atoms with van der Waals surface area (Å²) < 4.78 is 27.2. The number of nitrogens with zero attached hydrogens (tertiary/aromatic N) is 1. The number of sulfonamides is 1. The molecule has 1 heterocycles. The van der Waals surface area contributed by atoms with Crippen LogP contribution >= 0.6 is 23.2 Å². The van der Waals surface area contributed by atoms with Gasteiger partial charge in [-0.1, -0.05) is 36.2 Å². The molecule has 21 heavy (non-hydrogen) atoms. The van der Waals surface area contributed by atoms with Crippen molar-refractivity contribution in [3.8, 4) is 0 Å². The van der Waals surface area contributed by atoms with Crippen molar-refractivity contribution < 1.29 is 8.42 Å². The number of halogens is 2. The van der Waals surface area contributed by atoms with Gasteiger partial charge in [0.15, 0.2) is 0 Å². The number of hydrogen-bond donors (Lipinski definition) is 1. The molecule has 118 valence electrons. The minimum Gasteiger partial charge on any atom is -0.303 e. The molecule has 1 aromatic carbocycles. The molecule has 0 spiro atoms. The van der Waals surface area contributed by atoms with E-state index in [1.165, 1.54) is 18.9 Å². The van der Waals surface area contributed by atoms with Crippen molar-refractivity contribution in [1.29, 1.82) is 0 Å². The number of likely N-dealkylation sites (tertiary alicyclic amines) is 1. The minimum atomic E-state index is -3.63. The van der Waals surface area contributed by atoms with Crippen LogP contribution < -0.4 is 4.72 Å². The Morgan fingerprint density at radius 3 is 2.62 bits per heavy atom. The summed E-state index contributed by atoms with van der Waals surface area (Å²) in [6.07, 6.45) is 2.47. The van der Waals surface area contributed by atoms with Crippen molar-refractivity contribution in [2.24, 2.45) is 5.92 Å². The highest BCUT2D eigenvalue weighted by Crippen LogP contribution is 2.28. The van der Waals surface area contributed by atoms with Gasteiger partial charge in [0.2, 0.25) is 10.0 Å². The Bertz CT molecular complexity index is 587. The molecule has 0 unspecified atom stereocenters. The monoisotopic (exact) mass is 350 g/mol. The lowest BCUT2D eigenvalue weighted by Gasteiger charge is -2.20. The Kier molecular flexibility index (Phi) is 5.91. The lowest BCUT2D eigenvalue weighted by molar-refractivity contribution is 0.288. The summed E-state index contributed by atoms with van der Waals surface area (Å²) in [6.45, 7) is 5.56. The molecule has 1 aliphatic heterocycles. The van der Waals surface area contributed by atoms with Crippen molar-refractivity contribution >= 4 is 33.2 Å². The van der Waals surface area contributed by atoms with Gasteiger partial charge in [0.1, 0.15) is 4.90 Å². The first-order valence-electron chi connectivity index (χ1n) is 7.06. The molecule has 1 aliphatic rings. The maximum absolute atomic E-state index is 12.3. The molecule has 0 saturated carbocycles. The van der Waals surface area contributed by atoms with Crippen LogP contribution in [0, 0.1) is 5.92 Å². The maximum atomic E-state index is 12.3. The fourth-order valence-electron chi connectivity index (χ4n) is 2.49. The van der Waals surface area contributed by atoms with Crippen LogP contribution in [0.5, 0.6) is 0 Å². The number of rotatable bonds is 6. The molecule has 0 bridgehead atoms. The van der Waals surface area contributed by atoms with Crippen LogP contribution in [0.1, 0.15) is 19.8 Å². The SMILES string of the molecule is C[C@@H](CNS(=O)(=O)c1cccc(Cl)c1Cl)CN1CCCC1. The van der Waals surface area contributed by atoms with Crippen molar-refractivity contribution in [2.75, 3.05) is 26.2 Å². The van der Waals surface area contributed by atoms with E-state index in [0.717, 1.165) is 19.6 Å². The second kappa shape index (κ2) is 7.29. The summed E-state index contributed by atoms with van der Waals surface area (Å²) >= 11 is 11.8. The Morgan fingerprint density at radius 2 is 1.95 bits per heavy atom. The molecule has 0 amide bonds. The molecule has 1 fully saturated rings. The second-order valence-corrected chi connectivity index (χ2v) is 8.04. The van der Waals surface area contributed by atoms with Gasteiger partial charge in [-0.3, -0.25) is 0 Å². The lowest BCUT2D eigenvalue weighted by Crippen LogP contribution is -2.34. The average molecular weight is 351 g/mol. The van der Waals surface area contributed by atoms with Gasteiger partial charge in [-0.15, -0.1) is 0 Å². The zero-order valence-corrected chi connectivity index (χ0v) is 14.3. The molecule has 1 atom stereocenters. The lowest BCUT2D eigenvalue weighted by atomic mass is 10.2. The highest BCUT2D eigenvalue weighted by atomic mass is 35.5. The molecular weight excluding hydrogens is 331 g/mol. The summed E-state index contributed by atoms with van der Waals surface area (Å²) in [5.41, 5.74) is 0. The quantitative estimate of drug-likeness (QED) is 0.857. The van der Waals surface area contributed by atoms with E-state index in [-0.39, 0.29) is 20.9 Å². The fourth-order valence-corrected chi connectivity index (χ4v) is 4.42. The predicted molar refractivity (Wildman–Crippen MR) is 86.5 cm³/mol. The number of nitrogens with one attached hydrogen (secondary N) is 1. The summed E-state index contributed by atoms with van der Waals surface area (Å²) in [7, 11) is -3.63.